The van der Waals surface area contributed by atoms with Gasteiger partial charge in [0.25, 0.3) is 0 Å². The van der Waals surface area contributed by atoms with Crippen LogP contribution in [0.4, 0.5) is 0 Å². The van der Waals surface area contributed by atoms with Crippen molar-refractivity contribution >= 4 is 0 Å². The molecule has 11 heavy (non-hydrogen) atoms. The molecule has 0 radical (unpaired) electrons. The van der Waals surface area contributed by atoms with Gasteiger partial charge in [-0.1, -0.05) is 18.0 Å². The Bertz CT molecular complexity index is 126. The lowest BCUT2D eigenvalue weighted by Gasteiger charge is -2.02. The lowest BCUT2D eigenvalue weighted by molar-refractivity contribution is 0.582. The van der Waals surface area contributed by atoms with Crippen molar-refractivity contribution < 1.29 is 0 Å². The monoisotopic (exact) mass is 156 g/mol. The van der Waals surface area contributed by atoms with Gasteiger partial charge in [0, 0.05) is 17.5 Å². The zero-order valence-corrected chi connectivity index (χ0v) is 7.03. The van der Waals surface area contributed by atoms with Gasteiger partial charge in [-0.25, -0.2) is 0 Å². The van der Waals surface area contributed by atoms with Crippen LogP contribution < -0.4 is 5.73 Å². The molecule has 0 aliphatic rings. The summed E-state index contributed by atoms with van der Waals surface area (Å²) in [6.45, 7) is 2.63. The van der Waals surface area contributed by atoms with E-state index in [1.54, 1.807) is 0 Å². The number of azide groups is 1. The van der Waals surface area contributed by atoms with Crippen molar-refractivity contribution in [1.82, 2.24) is 0 Å². The first kappa shape index (κ1) is 10.3. The summed E-state index contributed by atoms with van der Waals surface area (Å²) in [5.41, 5.74) is 13.5. The van der Waals surface area contributed by atoms with Gasteiger partial charge in [-0.3, -0.25) is 0 Å². The maximum atomic E-state index is 7.95. The number of hydrogen-bond acceptors (Lipinski definition) is 2. The van der Waals surface area contributed by atoms with Crippen molar-refractivity contribution in [3.05, 3.63) is 10.4 Å². The van der Waals surface area contributed by atoms with Crippen molar-refractivity contribution in [1.29, 1.82) is 0 Å². The van der Waals surface area contributed by atoms with Crippen molar-refractivity contribution in [2.75, 3.05) is 6.54 Å². The van der Waals surface area contributed by atoms with Gasteiger partial charge >= 0.3 is 0 Å². The Hall–Kier alpha value is -0.730. The summed E-state index contributed by atoms with van der Waals surface area (Å²) in [7, 11) is 0. The first-order valence-corrected chi connectivity index (χ1v) is 4.04. The zero-order valence-electron chi connectivity index (χ0n) is 7.03. The average Bonchev–Trinajstić information content (AvgIpc) is 1.96. The smallest absolute Gasteiger partial charge is 0.0257 e. The van der Waals surface area contributed by atoms with Crippen LogP contribution in [0.5, 0.6) is 0 Å². The molecule has 0 bridgehead atoms. The van der Waals surface area contributed by atoms with E-state index in [1.807, 2.05) is 6.92 Å². The molecule has 0 aromatic rings. The van der Waals surface area contributed by atoms with Crippen molar-refractivity contribution in [3.63, 3.8) is 0 Å². The number of hydrogen-bond donors (Lipinski definition) is 1. The van der Waals surface area contributed by atoms with Crippen LogP contribution >= 0.6 is 0 Å². The van der Waals surface area contributed by atoms with Gasteiger partial charge in [-0.2, -0.15) is 0 Å². The molecular weight excluding hydrogens is 140 g/mol. The minimum Gasteiger partial charge on any atom is -0.328 e. The highest BCUT2D eigenvalue weighted by Gasteiger charge is 1.92. The fraction of sp³-hybridized carbons (Fsp3) is 1.00. The van der Waals surface area contributed by atoms with Crippen LogP contribution in [-0.2, 0) is 0 Å². The fourth-order valence-electron chi connectivity index (χ4n) is 0.870. The van der Waals surface area contributed by atoms with E-state index >= 15 is 0 Å². The molecule has 4 nitrogen and oxygen atoms in total. The summed E-state index contributed by atoms with van der Waals surface area (Å²) in [6, 6.07) is 0.300. The molecule has 0 unspecified atom stereocenters. The minimum absolute atomic E-state index is 0.300. The van der Waals surface area contributed by atoms with Crippen LogP contribution in [0.1, 0.15) is 32.6 Å². The van der Waals surface area contributed by atoms with E-state index in [1.165, 1.54) is 0 Å². The molecule has 0 fully saturated rings. The average molecular weight is 156 g/mol. The summed E-state index contributed by atoms with van der Waals surface area (Å²) in [6.07, 6.45) is 4.30. The third-order valence-electron chi connectivity index (χ3n) is 1.48. The van der Waals surface area contributed by atoms with Gasteiger partial charge in [0.1, 0.15) is 0 Å². The molecule has 0 rings (SSSR count). The Kier molecular flexibility index (Phi) is 6.89. The van der Waals surface area contributed by atoms with E-state index in [4.69, 9.17) is 11.3 Å². The van der Waals surface area contributed by atoms with E-state index in [2.05, 4.69) is 10.0 Å². The predicted molar refractivity (Wildman–Crippen MR) is 46.1 cm³/mol. The quantitative estimate of drug-likeness (QED) is 0.272. The Balaban J connectivity index is 2.96. The van der Waals surface area contributed by atoms with Crippen LogP contribution in [0.25, 0.3) is 10.4 Å². The van der Waals surface area contributed by atoms with Gasteiger partial charge in [0.2, 0.25) is 0 Å². The second-order valence-corrected chi connectivity index (χ2v) is 2.78. The maximum Gasteiger partial charge on any atom is 0.0257 e. The van der Waals surface area contributed by atoms with E-state index < -0.39 is 0 Å². The Labute approximate surface area is 67.4 Å². The Morgan fingerprint density at radius 2 is 2.18 bits per heavy atom. The van der Waals surface area contributed by atoms with Crippen LogP contribution in [-0.4, -0.2) is 12.6 Å². The van der Waals surface area contributed by atoms with Crippen molar-refractivity contribution in [2.24, 2.45) is 10.8 Å². The molecule has 2 N–H and O–H groups in total. The SMILES string of the molecule is C[C@H](N)CCCCCN=[N+]=[N-]. The first-order valence-electron chi connectivity index (χ1n) is 4.04. The molecule has 0 heterocycles. The summed E-state index contributed by atoms with van der Waals surface area (Å²) in [4.78, 5) is 2.67. The van der Waals surface area contributed by atoms with Gasteiger partial charge in [-0.15, -0.1) is 0 Å². The van der Waals surface area contributed by atoms with E-state index in [0.29, 0.717) is 12.6 Å². The molecule has 0 saturated carbocycles. The largest absolute Gasteiger partial charge is 0.328 e. The first-order chi connectivity index (χ1) is 5.27. The summed E-state index contributed by atoms with van der Waals surface area (Å²) in [5, 5.41) is 3.44. The molecule has 0 spiro atoms. The summed E-state index contributed by atoms with van der Waals surface area (Å²) in [5.74, 6) is 0. The molecule has 0 saturated heterocycles. The molecule has 4 heteroatoms. The maximum absolute atomic E-state index is 7.95. The number of nitrogens with two attached hydrogens (primary N) is 1. The van der Waals surface area contributed by atoms with Gasteiger partial charge in [0.15, 0.2) is 0 Å². The number of rotatable bonds is 6. The van der Waals surface area contributed by atoms with Crippen molar-refractivity contribution in [2.45, 2.75) is 38.6 Å². The Morgan fingerprint density at radius 1 is 1.45 bits per heavy atom. The molecule has 1 atom stereocenters. The number of unbranched alkanes of at least 4 members (excludes halogenated alkanes) is 2. The lowest BCUT2D eigenvalue weighted by atomic mass is 10.1. The number of nitrogens with zero attached hydrogens (tertiary/aromatic N) is 3. The highest BCUT2D eigenvalue weighted by molar-refractivity contribution is 4.54. The second kappa shape index (κ2) is 7.38. The van der Waals surface area contributed by atoms with E-state index in [9.17, 15) is 0 Å². The van der Waals surface area contributed by atoms with Gasteiger partial charge in [0.05, 0.1) is 0 Å². The normalized spacial score (nSPS) is 12.2. The Morgan fingerprint density at radius 3 is 2.73 bits per heavy atom. The molecule has 0 aliphatic carbocycles. The lowest BCUT2D eigenvalue weighted by Crippen LogP contribution is -2.13. The van der Waals surface area contributed by atoms with E-state index in [-0.39, 0.29) is 0 Å². The van der Waals surface area contributed by atoms with Gasteiger partial charge < -0.3 is 5.73 Å². The summed E-state index contributed by atoms with van der Waals surface area (Å²) < 4.78 is 0. The van der Waals surface area contributed by atoms with Crippen LogP contribution in [0.3, 0.4) is 0 Å². The molecule has 64 valence electrons. The van der Waals surface area contributed by atoms with Crippen LogP contribution in [0.2, 0.25) is 0 Å². The predicted octanol–water partition coefficient (Wildman–Crippen LogP) is 2.20. The topological polar surface area (TPSA) is 74.8 Å². The van der Waals surface area contributed by atoms with Crippen LogP contribution in [0, 0.1) is 0 Å². The summed E-state index contributed by atoms with van der Waals surface area (Å²) >= 11 is 0. The molecule has 0 aromatic carbocycles. The van der Waals surface area contributed by atoms with Gasteiger partial charge in [-0.05, 0) is 25.3 Å². The third kappa shape index (κ3) is 9.27. The standard InChI is InChI=1S/C7H16N4/c1-7(8)5-3-2-4-6-10-11-9/h7H,2-6,8H2,1H3/t7-/m0/s1. The second-order valence-electron chi connectivity index (χ2n) is 2.78. The van der Waals surface area contributed by atoms with Crippen LogP contribution in [0.15, 0.2) is 5.11 Å². The molecular formula is C7H16N4. The minimum atomic E-state index is 0.300. The third-order valence-corrected chi connectivity index (χ3v) is 1.48. The molecule has 0 aromatic heterocycles. The van der Waals surface area contributed by atoms with Crippen molar-refractivity contribution in [3.8, 4) is 0 Å². The zero-order chi connectivity index (χ0) is 8.53. The van der Waals surface area contributed by atoms with E-state index in [0.717, 1.165) is 25.7 Å². The molecule has 0 amide bonds. The molecule has 0 aliphatic heterocycles. The fourth-order valence-corrected chi connectivity index (χ4v) is 0.870. The highest BCUT2D eigenvalue weighted by atomic mass is 15.1. The highest BCUT2D eigenvalue weighted by Crippen LogP contribution is 2.01.